The minimum atomic E-state index is -0.554. The maximum Gasteiger partial charge on any atom is 0.340 e. The number of rotatable bonds is 3. The van der Waals surface area contributed by atoms with E-state index in [1.165, 1.54) is 31.5 Å². The van der Waals surface area contributed by atoms with Gasteiger partial charge in [0.2, 0.25) is 0 Å². The number of nitrogens with two attached hydrogens (primary N) is 1. The predicted molar refractivity (Wildman–Crippen MR) is 69.7 cm³/mol. The fourth-order valence-corrected chi connectivity index (χ4v) is 1.54. The maximum atomic E-state index is 13.0. The summed E-state index contributed by atoms with van der Waals surface area (Å²) >= 11 is 0. The number of nitrogens with zero attached hydrogens (tertiary/aromatic N) is 1. The average molecular weight is 261 g/mol. The van der Waals surface area contributed by atoms with Crippen LogP contribution in [0.1, 0.15) is 10.4 Å². The van der Waals surface area contributed by atoms with Gasteiger partial charge in [0.1, 0.15) is 11.6 Å². The van der Waals surface area contributed by atoms with Gasteiger partial charge in [0.15, 0.2) is 0 Å². The van der Waals surface area contributed by atoms with Crippen LogP contribution >= 0.6 is 0 Å². The van der Waals surface area contributed by atoms with Crippen LogP contribution in [-0.2, 0) is 4.74 Å². The molecule has 0 fully saturated rings. The largest absolute Gasteiger partial charge is 0.465 e. The van der Waals surface area contributed by atoms with Gasteiger partial charge in [-0.1, -0.05) is 6.07 Å². The Hall–Kier alpha value is -2.63. The zero-order valence-electron chi connectivity index (χ0n) is 10.2. The highest BCUT2D eigenvalue weighted by Gasteiger charge is 2.11. The molecule has 19 heavy (non-hydrogen) atoms. The van der Waals surface area contributed by atoms with Crippen molar-refractivity contribution in [1.29, 1.82) is 0 Å². The van der Waals surface area contributed by atoms with E-state index in [1.807, 2.05) is 0 Å². The van der Waals surface area contributed by atoms with Crippen molar-refractivity contribution in [3.63, 3.8) is 0 Å². The van der Waals surface area contributed by atoms with Crippen LogP contribution < -0.4 is 11.1 Å². The van der Waals surface area contributed by atoms with Crippen LogP contribution in [0.3, 0.4) is 0 Å². The molecule has 0 aliphatic carbocycles. The summed E-state index contributed by atoms with van der Waals surface area (Å²) in [6.45, 7) is 0. The smallest absolute Gasteiger partial charge is 0.340 e. The molecule has 0 aliphatic rings. The standard InChI is InChI=1S/C13H12FN3O2/c1-19-13(18)10-6-12(16-7-11(10)15)17-9-4-2-3-8(14)5-9/h2-7H,15H2,1H3,(H,16,17). The van der Waals surface area contributed by atoms with E-state index in [4.69, 9.17) is 5.73 Å². The number of hydrogen-bond donors (Lipinski definition) is 2. The Morgan fingerprint density at radius 2 is 2.21 bits per heavy atom. The van der Waals surface area contributed by atoms with E-state index in [9.17, 15) is 9.18 Å². The Kier molecular flexibility index (Phi) is 3.61. The van der Waals surface area contributed by atoms with Gasteiger partial charge in [-0.25, -0.2) is 14.2 Å². The predicted octanol–water partition coefficient (Wildman–Crippen LogP) is 2.33. The van der Waals surface area contributed by atoms with E-state index in [0.717, 1.165) is 0 Å². The van der Waals surface area contributed by atoms with Gasteiger partial charge in [-0.2, -0.15) is 0 Å². The molecule has 0 unspecified atom stereocenters. The summed E-state index contributed by atoms with van der Waals surface area (Å²) < 4.78 is 17.6. The van der Waals surface area contributed by atoms with E-state index in [2.05, 4.69) is 15.0 Å². The Bertz CT molecular complexity index is 617. The van der Waals surface area contributed by atoms with Gasteiger partial charge in [-0.3, -0.25) is 0 Å². The van der Waals surface area contributed by atoms with E-state index >= 15 is 0 Å². The SMILES string of the molecule is COC(=O)c1cc(Nc2cccc(F)c2)ncc1N. The van der Waals surface area contributed by atoms with Crippen molar-refractivity contribution in [2.75, 3.05) is 18.2 Å². The van der Waals surface area contributed by atoms with E-state index in [-0.39, 0.29) is 17.1 Å². The lowest BCUT2D eigenvalue weighted by atomic mass is 10.2. The first-order chi connectivity index (χ1) is 9.10. The average Bonchev–Trinajstić information content (AvgIpc) is 2.40. The molecule has 0 spiro atoms. The number of aromatic nitrogens is 1. The van der Waals surface area contributed by atoms with Crippen LogP contribution in [0.25, 0.3) is 0 Å². The number of nitrogens with one attached hydrogen (secondary N) is 1. The van der Waals surface area contributed by atoms with Crippen molar-refractivity contribution in [2.24, 2.45) is 0 Å². The highest BCUT2D eigenvalue weighted by molar-refractivity contribution is 5.95. The van der Waals surface area contributed by atoms with Gasteiger partial charge in [-0.05, 0) is 24.3 Å². The van der Waals surface area contributed by atoms with Crippen LogP contribution in [0.5, 0.6) is 0 Å². The normalized spacial score (nSPS) is 10.0. The Labute approximate surface area is 109 Å². The third-order valence-corrected chi connectivity index (χ3v) is 2.44. The lowest BCUT2D eigenvalue weighted by molar-refractivity contribution is 0.0602. The number of esters is 1. The summed E-state index contributed by atoms with van der Waals surface area (Å²) in [7, 11) is 1.27. The molecule has 0 amide bonds. The molecule has 98 valence electrons. The molecule has 2 aromatic rings. The molecule has 2 rings (SSSR count). The lowest BCUT2D eigenvalue weighted by Crippen LogP contribution is -2.07. The van der Waals surface area contributed by atoms with Crippen LogP contribution in [-0.4, -0.2) is 18.1 Å². The molecule has 0 bridgehead atoms. The molecule has 1 heterocycles. The van der Waals surface area contributed by atoms with Gasteiger partial charge in [0.25, 0.3) is 0 Å². The quantitative estimate of drug-likeness (QED) is 0.829. The summed E-state index contributed by atoms with van der Waals surface area (Å²) in [4.78, 5) is 15.5. The summed E-state index contributed by atoms with van der Waals surface area (Å²) in [6, 6.07) is 7.35. The second-order valence-electron chi connectivity index (χ2n) is 3.78. The lowest BCUT2D eigenvalue weighted by Gasteiger charge is -2.08. The van der Waals surface area contributed by atoms with Crippen molar-refractivity contribution in [3.05, 3.63) is 47.9 Å². The van der Waals surface area contributed by atoms with Crippen molar-refractivity contribution >= 4 is 23.2 Å². The number of carbonyl (C=O) groups excluding carboxylic acids is 1. The van der Waals surface area contributed by atoms with E-state index in [1.54, 1.807) is 12.1 Å². The molecule has 0 saturated carbocycles. The first-order valence-corrected chi connectivity index (χ1v) is 5.46. The first kappa shape index (κ1) is 12.8. The number of benzene rings is 1. The van der Waals surface area contributed by atoms with Crippen LogP contribution in [0.4, 0.5) is 21.6 Å². The molecule has 3 N–H and O–H groups in total. The van der Waals surface area contributed by atoms with Crippen molar-refractivity contribution < 1.29 is 13.9 Å². The summed E-state index contributed by atoms with van der Waals surface area (Å²) in [6.07, 6.45) is 1.34. The monoisotopic (exact) mass is 261 g/mol. The van der Waals surface area contributed by atoms with Gasteiger partial charge >= 0.3 is 5.97 Å². The minimum absolute atomic E-state index is 0.205. The first-order valence-electron chi connectivity index (χ1n) is 5.46. The maximum absolute atomic E-state index is 13.0. The number of hydrogen-bond acceptors (Lipinski definition) is 5. The second kappa shape index (κ2) is 5.34. The van der Waals surface area contributed by atoms with Crippen molar-refractivity contribution in [2.45, 2.75) is 0 Å². The molecular weight excluding hydrogens is 249 g/mol. The summed E-state index contributed by atoms with van der Waals surface area (Å²) in [5.74, 6) is -0.545. The second-order valence-corrected chi connectivity index (χ2v) is 3.78. The third-order valence-electron chi connectivity index (χ3n) is 2.44. The molecular formula is C13H12FN3O2. The van der Waals surface area contributed by atoms with Gasteiger partial charge in [-0.15, -0.1) is 0 Å². The number of nitrogen functional groups attached to an aromatic ring is 1. The zero-order valence-corrected chi connectivity index (χ0v) is 10.2. The molecule has 0 saturated heterocycles. The van der Waals surface area contributed by atoms with Gasteiger partial charge in [0.05, 0.1) is 24.6 Å². The molecule has 5 nitrogen and oxygen atoms in total. The topological polar surface area (TPSA) is 77.2 Å². The number of methoxy groups -OCH3 is 1. The number of halogens is 1. The Balaban J connectivity index is 2.29. The van der Waals surface area contributed by atoms with Crippen LogP contribution in [0.2, 0.25) is 0 Å². The van der Waals surface area contributed by atoms with E-state index < -0.39 is 5.97 Å². The molecule has 1 aromatic carbocycles. The summed E-state index contributed by atoms with van der Waals surface area (Å²) in [5, 5.41) is 2.88. The van der Waals surface area contributed by atoms with Crippen LogP contribution in [0.15, 0.2) is 36.5 Å². The molecule has 0 radical (unpaired) electrons. The third kappa shape index (κ3) is 2.98. The number of ether oxygens (including phenoxy) is 1. The molecule has 0 aliphatic heterocycles. The van der Waals surface area contributed by atoms with Crippen molar-refractivity contribution in [3.8, 4) is 0 Å². The Morgan fingerprint density at radius 3 is 2.89 bits per heavy atom. The minimum Gasteiger partial charge on any atom is -0.465 e. The molecule has 1 aromatic heterocycles. The number of anilines is 3. The molecule has 6 heteroatoms. The number of carbonyl (C=O) groups is 1. The zero-order chi connectivity index (χ0) is 13.8. The number of pyridine rings is 1. The van der Waals surface area contributed by atoms with Gasteiger partial charge < -0.3 is 15.8 Å². The van der Waals surface area contributed by atoms with Gasteiger partial charge in [0, 0.05) is 5.69 Å². The fraction of sp³-hybridized carbons (Fsp3) is 0.0769. The van der Waals surface area contributed by atoms with Crippen molar-refractivity contribution in [1.82, 2.24) is 4.98 Å². The van der Waals surface area contributed by atoms with E-state index in [0.29, 0.717) is 11.5 Å². The van der Waals surface area contributed by atoms with Crippen LogP contribution in [0, 0.1) is 5.82 Å². The highest BCUT2D eigenvalue weighted by atomic mass is 19.1. The summed E-state index contributed by atoms with van der Waals surface area (Å²) in [5.41, 5.74) is 6.58. The molecule has 0 atom stereocenters. The fourth-order valence-electron chi connectivity index (χ4n) is 1.54. The Morgan fingerprint density at radius 1 is 1.42 bits per heavy atom. The highest BCUT2D eigenvalue weighted by Crippen LogP contribution is 2.20.